The highest BCUT2D eigenvalue weighted by molar-refractivity contribution is 5.91. The molecular weight excluding hydrogens is 496 g/mol. The van der Waals surface area contributed by atoms with Crippen molar-refractivity contribution < 1.29 is 63.9 Å². The molecule has 2 aliphatic heterocycles. The molecule has 5 fully saturated rings. The summed E-state index contributed by atoms with van der Waals surface area (Å²) in [5.74, 6) is -2.41. The van der Waals surface area contributed by atoms with Crippen molar-refractivity contribution in [1.82, 2.24) is 0 Å². The minimum Gasteiger partial charge on any atom is -0.461 e. The van der Waals surface area contributed by atoms with Crippen LogP contribution < -0.4 is 0 Å². The zero-order chi connectivity index (χ0) is 27.3. The highest BCUT2D eigenvalue weighted by Gasteiger charge is 2.95. The standard InChI is InChI=1S/C24H36O13/c1-10-5-6-23(31)21(10,17(29)37-16-15(28)14(27)13(26)11(8-25)35-16)9-22-18(30)36-12(7-24(22,23)32)20(22,2)19(33-3)34-4/h10-16,19,25-28,31-32H,5-9H2,1-4H3/t10-,11+,12-,13+,14-,15+,16-,20-,21+,22-,23+,24-/m0/s1. The number of hydrogen-bond donors (Lipinski definition) is 6. The molecule has 2 bridgehead atoms. The van der Waals surface area contributed by atoms with Crippen LogP contribution in [0.5, 0.6) is 0 Å². The predicted molar refractivity (Wildman–Crippen MR) is 118 cm³/mol. The number of aliphatic hydroxyl groups excluding tert-OH is 4. The molecule has 0 radical (unpaired) electrons. The van der Waals surface area contributed by atoms with E-state index in [0.717, 1.165) is 0 Å². The van der Waals surface area contributed by atoms with Crippen molar-refractivity contribution >= 4 is 11.9 Å². The Bertz CT molecular complexity index is 970. The van der Waals surface area contributed by atoms with Crippen LogP contribution in [0.15, 0.2) is 0 Å². The zero-order valence-electron chi connectivity index (χ0n) is 21.2. The van der Waals surface area contributed by atoms with Crippen LogP contribution in [0.3, 0.4) is 0 Å². The van der Waals surface area contributed by atoms with Crippen LogP contribution in [-0.2, 0) is 33.3 Å². The Morgan fingerprint density at radius 3 is 2.35 bits per heavy atom. The molecule has 5 rings (SSSR count). The Kier molecular flexibility index (Phi) is 6.09. The quantitative estimate of drug-likeness (QED) is 0.156. The summed E-state index contributed by atoms with van der Waals surface area (Å²) in [5, 5.41) is 64.7. The molecule has 3 saturated carbocycles. The van der Waals surface area contributed by atoms with Gasteiger partial charge in [-0.05, 0) is 32.1 Å². The van der Waals surface area contributed by atoms with Gasteiger partial charge in [-0.1, -0.05) is 6.92 Å². The normalized spacial score (nSPS) is 54.4. The van der Waals surface area contributed by atoms with Crippen molar-refractivity contribution in [2.45, 2.75) is 93.8 Å². The van der Waals surface area contributed by atoms with E-state index in [1.165, 1.54) is 14.2 Å². The first kappa shape index (κ1) is 27.2. The van der Waals surface area contributed by atoms with Crippen molar-refractivity contribution in [3.8, 4) is 0 Å². The molecule has 12 atom stereocenters. The average molecular weight is 533 g/mol. The van der Waals surface area contributed by atoms with Gasteiger partial charge in [0.25, 0.3) is 0 Å². The van der Waals surface area contributed by atoms with Crippen LogP contribution in [0.4, 0.5) is 0 Å². The van der Waals surface area contributed by atoms with E-state index in [-0.39, 0.29) is 19.3 Å². The maximum absolute atomic E-state index is 14.0. The maximum atomic E-state index is 14.0. The molecule has 5 aliphatic rings. The fourth-order valence-corrected chi connectivity index (χ4v) is 8.46. The zero-order valence-corrected chi connectivity index (χ0v) is 21.2. The molecular formula is C24H36O13. The molecule has 3 aliphatic carbocycles. The van der Waals surface area contributed by atoms with Gasteiger partial charge >= 0.3 is 11.9 Å². The second kappa shape index (κ2) is 8.29. The molecule has 210 valence electrons. The SMILES string of the molecule is COC(OC)[C@]1(C)[C@@H]2C[C@@]3(O)[C@@]4(O)CC[C@H](C)[C@@]4(C(=O)O[C@@H]4O[C@H](CO)[C@@H](O)[C@H](O)[C@H]4O)C[C@@]31C(=O)O2. The van der Waals surface area contributed by atoms with Crippen molar-refractivity contribution in [3.05, 3.63) is 0 Å². The van der Waals surface area contributed by atoms with Crippen LogP contribution in [0.25, 0.3) is 0 Å². The Morgan fingerprint density at radius 2 is 1.76 bits per heavy atom. The van der Waals surface area contributed by atoms with Gasteiger partial charge < -0.3 is 54.3 Å². The number of aliphatic hydroxyl groups is 6. The van der Waals surface area contributed by atoms with E-state index in [1.54, 1.807) is 13.8 Å². The summed E-state index contributed by atoms with van der Waals surface area (Å²) in [6, 6.07) is 0. The van der Waals surface area contributed by atoms with Crippen LogP contribution in [-0.4, -0.2) is 118 Å². The lowest BCUT2D eigenvalue weighted by molar-refractivity contribution is -0.299. The van der Waals surface area contributed by atoms with Gasteiger partial charge in [-0.2, -0.15) is 0 Å². The average Bonchev–Trinajstić information content (AvgIpc) is 3.39. The fourth-order valence-electron chi connectivity index (χ4n) is 8.46. The largest absolute Gasteiger partial charge is 0.461 e. The van der Waals surface area contributed by atoms with Crippen molar-refractivity contribution in [2.75, 3.05) is 20.8 Å². The molecule has 2 heterocycles. The van der Waals surface area contributed by atoms with Gasteiger partial charge in [0, 0.05) is 20.6 Å². The van der Waals surface area contributed by atoms with E-state index in [0.29, 0.717) is 6.42 Å². The lowest BCUT2D eigenvalue weighted by Gasteiger charge is -2.47. The Balaban J connectivity index is 1.59. The lowest BCUT2D eigenvalue weighted by atomic mass is 9.60. The number of carbonyl (C=O) groups excluding carboxylic acids is 2. The molecule has 2 saturated heterocycles. The summed E-state index contributed by atoms with van der Waals surface area (Å²) >= 11 is 0. The van der Waals surface area contributed by atoms with Gasteiger partial charge in [-0.25, -0.2) is 0 Å². The summed E-state index contributed by atoms with van der Waals surface area (Å²) < 4.78 is 27.6. The maximum Gasteiger partial charge on any atom is 0.317 e. The van der Waals surface area contributed by atoms with Gasteiger partial charge in [0.2, 0.25) is 6.29 Å². The van der Waals surface area contributed by atoms with Crippen LogP contribution in [0.2, 0.25) is 0 Å². The van der Waals surface area contributed by atoms with E-state index >= 15 is 0 Å². The van der Waals surface area contributed by atoms with E-state index < -0.39 is 95.0 Å². The molecule has 0 amide bonds. The Labute approximate surface area is 213 Å². The van der Waals surface area contributed by atoms with Crippen LogP contribution in [0, 0.1) is 22.2 Å². The third-order valence-electron chi connectivity index (χ3n) is 10.5. The van der Waals surface area contributed by atoms with E-state index in [1.807, 2.05) is 0 Å². The molecule has 0 aromatic carbocycles. The number of ether oxygens (including phenoxy) is 5. The van der Waals surface area contributed by atoms with Crippen molar-refractivity contribution in [3.63, 3.8) is 0 Å². The summed E-state index contributed by atoms with van der Waals surface area (Å²) in [6.45, 7) is 2.64. The predicted octanol–water partition coefficient (Wildman–Crippen LogP) is -2.45. The number of carbonyl (C=O) groups is 2. The van der Waals surface area contributed by atoms with Crippen molar-refractivity contribution in [1.29, 1.82) is 0 Å². The molecule has 0 unspecified atom stereocenters. The first-order valence-corrected chi connectivity index (χ1v) is 12.5. The van der Waals surface area contributed by atoms with E-state index in [4.69, 9.17) is 23.7 Å². The number of methoxy groups -OCH3 is 2. The molecule has 13 nitrogen and oxygen atoms in total. The smallest absolute Gasteiger partial charge is 0.317 e. The summed E-state index contributed by atoms with van der Waals surface area (Å²) in [5.41, 5.74) is -9.12. The topological polar surface area (TPSA) is 202 Å². The second-order valence-electron chi connectivity index (χ2n) is 11.5. The van der Waals surface area contributed by atoms with Gasteiger partial charge in [0.15, 0.2) is 6.29 Å². The number of fused-ring (bicyclic) bond motifs is 3. The monoisotopic (exact) mass is 532 g/mol. The molecule has 6 N–H and O–H groups in total. The van der Waals surface area contributed by atoms with Gasteiger partial charge in [0.05, 0.1) is 12.0 Å². The second-order valence-corrected chi connectivity index (χ2v) is 11.5. The molecule has 37 heavy (non-hydrogen) atoms. The highest BCUT2D eigenvalue weighted by atomic mass is 16.7. The summed E-state index contributed by atoms with van der Waals surface area (Å²) in [4.78, 5) is 27.6. The minimum absolute atomic E-state index is 0.0170. The van der Waals surface area contributed by atoms with Crippen LogP contribution in [0.1, 0.15) is 39.5 Å². The van der Waals surface area contributed by atoms with Crippen molar-refractivity contribution in [2.24, 2.45) is 22.2 Å². The first-order chi connectivity index (χ1) is 17.3. The Morgan fingerprint density at radius 1 is 1.11 bits per heavy atom. The van der Waals surface area contributed by atoms with Crippen LogP contribution >= 0.6 is 0 Å². The van der Waals surface area contributed by atoms with Gasteiger partial charge in [-0.3, -0.25) is 9.59 Å². The number of hydrogen-bond acceptors (Lipinski definition) is 13. The summed E-state index contributed by atoms with van der Waals surface area (Å²) in [7, 11) is 2.77. The molecule has 0 aromatic heterocycles. The van der Waals surface area contributed by atoms with Gasteiger partial charge in [-0.15, -0.1) is 0 Å². The third-order valence-corrected chi connectivity index (χ3v) is 10.5. The number of rotatable bonds is 6. The first-order valence-electron chi connectivity index (χ1n) is 12.5. The fraction of sp³-hybridized carbons (Fsp3) is 0.917. The van der Waals surface area contributed by atoms with E-state index in [2.05, 4.69) is 0 Å². The minimum atomic E-state index is -2.12. The molecule has 1 spiro atoms. The number of esters is 2. The van der Waals surface area contributed by atoms with Gasteiger partial charge in [0.1, 0.15) is 52.6 Å². The highest BCUT2D eigenvalue weighted by Crippen LogP contribution is 2.81. The Hall–Kier alpha value is -1.42. The molecule has 13 heteroatoms. The van der Waals surface area contributed by atoms with E-state index in [9.17, 15) is 40.2 Å². The third kappa shape index (κ3) is 2.75. The lowest BCUT2D eigenvalue weighted by Crippen LogP contribution is -2.65. The molecule has 0 aromatic rings. The summed E-state index contributed by atoms with van der Waals surface area (Å²) in [6.07, 6.45) is -10.5.